The number of aromatic nitrogens is 3. The normalized spacial score (nSPS) is 10.6. The molecule has 2 aromatic heterocycles. The number of rotatable bonds is 8. The summed E-state index contributed by atoms with van der Waals surface area (Å²) in [6.07, 6.45) is 1.48. The number of halogens is 1. The maximum atomic E-state index is 13.0. The molecule has 0 saturated heterocycles. The third-order valence-electron chi connectivity index (χ3n) is 4.34. The fourth-order valence-corrected chi connectivity index (χ4v) is 2.83. The van der Waals surface area contributed by atoms with Gasteiger partial charge in [-0.15, -0.1) is 5.10 Å². The minimum atomic E-state index is -0.483. The number of nitrogens with zero attached hydrogens (tertiary/aromatic N) is 3. The highest BCUT2D eigenvalue weighted by Gasteiger charge is 2.14. The number of carbonyl (C=O) groups excluding carboxylic acids is 1. The molecule has 0 atom stereocenters. The maximum absolute atomic E-state index is 13.0. The third-order valence-corrected chi connectivity index (χ3v) is 4.34. The Morgan fingerprint density at radius 3 is 2.65 bits per heavy atom. The first kappa shape index (κ1) is 20.1. The molecular formula is C22H19FN4O4. The highest BCUT2D eigenvalue weighted by molar-refractivity contribution is 6.01. The Balaban J connectivity index is 1.34. The number of para-hydroxylation sites is 2. The maximum Gasteiger partial charge on any atom is 0.293 e. The van der Waals surface area contributed by atoms with E-state index in [9.17, 15) is 9.18 Å². The molecule has 158 valence electrons. The molecule has 4 aromatic rings. The van der Waals surface area contributed by atoms with Crippen molar-refractivity contribution in [3.05, 3.63) is 89.9 Å². The summed E-state index contributed by atoms with van der Waals surface area (Å²) in [4.78, 5) is 16.5. The monoisotopic (exact) mass is 422 g/mol. The van der Waals surface area contributed by atoms with Crippen molar-refractivity contribution in [2.24, 2.45) is 0 Å². The number of hydrogen-bond acceptors (Lipinski definition) is 6. The number of amides is 1. The summed E-state index contributed by atoms with van der Waals surface area (Å²) in [7, 11) is 1.56. The summed E-state index contributed by atoms with van der Waals surface area (Å²) in [5, 5.41) is 6.78. The molecule has 0 fully saturated rings. The van der Waals surface area contributed by atoms with Crippen molar-refractivity contribution in [1.82, 2.24) is 14.8 Å². The van der Waals surface area contributed by atoms with Gasteiger partial charge in [0.05, 0.1) is 13.7 Å². The summed E-state index contributed by atoms with van der Waals surface area (Å²) in [5.41, 5.74) is 0.856. The molecular weight excluding hydrogens is 403 g/mol. The van der Waals surface area contributed by atoms with Crippen molar-refractivity contribution in [3.63, 3.8) is 0 Å². The molecule has 2 aromatic carbocycles. The second kappa shape index (κ2) is 9.12. The number of hydrogen-bond donors (Lipinski definition) is 1. The van der Waals surface area contributed by atoms with Crippen LogP contribution in [-0.2, 0) is 13.2 Å². The molecule has 2 heterocycles. The highest BCUT2D eigenvalue weighted by Crippen LogP contribution is 2.26. The van der Waals surface area contributed by atoms with Gasteiger partial charge in [0.25, 0.3) is 5.91 Å². The van der Waals surface area contributed by atoms with E-state index in [1.54, 1.807) is 43.5 Å². The number of methoxy groups -OCH3 is 1. The van der Waals surface area contributed by atoms with Crippen molar-refractivity contribution in [1.29, 1.82) is 0 Å². The summed E-state index contributed by atoms with van der Waals surface area (Å²) in [6, 6.07) is 16.5. The van der Waals surface area contributed by atoms with Gasteiger partial charge in [-0.3, -0.25) is 10.1 Å². The van der Waals surface area contributed by atoms with E-state index in [4.69, 9.17) is 13.9 Å². The summed E-state index contributed by atoms with van der Waals surface area (Å²) >= 11 is 0. The molecule has 4 rings (SSSR count). The number of ether oxygens (including phenoxy) is 2. The van der Waals surface area contributed by atoms with Crippen LogP contribution in [-0.4, -0.2) is 27.8 Å². The van der Waals surface area contributed by atoms with Crippen LogP contribution >= 0.6 is 0 Å². The van der Waals surface area contributed by atoms with Crippen LogP contribution in [0.5, 0.6) is 11.5 Å². The molecule has 0 bridgehead atoms. The molecule has 0 spiro atoms. The minimum Gasteiger partial charge on any atom is -0.493 e. The predicted molar refractivity (Wildman–Crippen MR) is 110 cm³/mol. The average molecular weight is 422 g/mol. The van der Waals surface area contributed by atoms with Crippen LogP contribution in [0, 0.1) is 5.82 Å². The van der Waals surface area contributed by atoms with Gasteiger partial charge in [0.15, 0.2) is 17.3 Å². The van der Waals surface area contributed by atoms with Gasteiger partial charge in [0.1, 0.15) is 24.5 Å². The molecule has 0 unspecified atom stereocenters. The fraction of sp³-hybridized carbons (Fsp3) is 0.136. The molecule has 8 nitrogen and oxygen atoms in total. The zero-order chi connectivity index (χ0) is 21.6. The number of carbonyl (C=O) groups is 1. The standard InChI is InChI=1S/C22H19FN4O4/c1-29-18-4-2-3-5-19(18)30-13-17-10-11-20(31-17)21(28)25-22-24-14-27(26-22)12-15-6-8-16(23)9-7-15/h2-11,14H,12-13H2,1H3,(H,25,26,28). The molecule has 0 aliphatic heterocycles. The quantitative estimate of drug-likeness (QED) is 0.463. The van der Waals surface area contributed by atoms with Gasteiger partial charge in [0, 0.05) is 0 Å². The van der Waals surface area contributed by atoms with Crippen LogP contribution in [0.2, 0.25) is 0 Å². The lowest BCUT2D eigenvalue weighted by Crippen LogP contribution is -2.12. The van der Waals surface area contributed by atoms with Gasteiger partial charge in [-0.1, -0.05) is 24.3 Å². The van der Waals surface area contributed by atoms with Gasteiger partial charge in [-0.25, -0.2) is 14.1 Å². The van der Waals surface area contributed by atoms with Crippen LogP contribution in [0.4, 0.5) is 10.3 Å². The first-order valence-corrected chi connectivity index (χ1v) is 9.40. The lowest BCUT2D eigenvalue weighted by Gasteiger charge is -2.08. The topological polar surface area (TPSA) is 91.4 Å². The Morgan fingerprint density at radius 2 is 1.87 bits per heavy atom. The molecule has 31 heavy (non-hydrogen) atoms. The van der Waals surface area contributed by atoms with E-state index in [0.29, 0.717) is 23.8 Å². The Morgan fingerprint density at radius 1 is 1.10 bits per heavy atom. The predicted octanol–water partition coefficient (Wildman–Crippen LogP) is 3.90. The van der Waals surface area contributed by atoms with Crippen molar-refractivity contribution >= 4 is 11.9 Å². The first-order valence-electron chi connectivity index (χ1n) is 9.40. The third kappa shape index (κ3) is 5.08. The van der Waals surface area contributed by atoms with Crippen LogP contribution < -0.4 is 14.8 Å². The van der Waals surface area contributed by atoms with E-state index in [-0.39, 0.29) is 24.1 Å². The molecule has 1 amide bonds. The molecule has 0 aliphatic rings. The van der Waals surface area contributed by atoms with Gasteiger partial charge < -0.3 is 13.9 Å². The minimum absolute atomic E-state index is 0.105. The lowest BCUT2D eigenvalue weighted by molar-refractivity contribution is 0.0991. The number of benzene rings is 2. The Kier molecular flexibility index (Phi) is 5.93. The van der Waals surface area contributed by atoms with E-state index < -0.39 is 5.91 Å². The number of furan rings is 1. The summed E-state index contributed by atoms with van der Waals surface area (Å²) in [6.45, 7) is 0.534. The van der Waals surface area contributed by atoms with Crippen LogP contribution in [0.1, 0.15) is 21.9 Å². The van der Waals surface area contributed by atoms with Gasteiger partial charge in [0.2, 0.25) is 5.95 Å². The Bertz CT molecular complexity index is 1170. The van der Waals surface area contributed by atoms with Crippen molar-refractivity contribution in [2.45, 2.75) is 13.2 Å². The Hall–Kier alpha value is -4.14. The van der Waals surface area contributed by atoms with Crippen molar-refractivity contribution < 1.29 is 23.1 Å². The zero-order valence-corrected chi connectivity index (χ0v) is 16.6. The second-order valence-electron chi connectivity index (χ2n) is 6.55. The fourth-order valence-electron chi connectivity index (χ4n) is 2.83. The van der Waals surface area contributed by atoms with Crippen molar-refractivity contribution in [3.8, 4) is 11.5 Å². The van der Waals surface area contributed by atoms with E-state index in [0.717, 1.165) is 5.56 Å². The number of anilines is 1. The Labute approximate surface area is 177 Å². The van der Waals surface area contributed by atoms with Crippen LogP contribution in [0.3, 0.4) is 0 Å². The highest BCUT2D eigenvalue weighted by atomic mass is 19.1. The van der Waals surface area contributed by atoms with E-state index in [1.165, 1.54) is 23.1 Å². The molecule has 1 N–H and O–H groups in total. The van der Waals surface area contributed by atoms with Gasteiger partial charge in [-0.2, -0.15) is 0 Å². The zero-order valence-electron chi connectivity index (χ0n) is 16.6. The van der Waals surface area contributed by atoms with Crippen LogP contribution in [0.25, 0.3) is 0 Å². The average Bonchev–Trinajstić information content (AvgIpc) is 3.44. The van der Waals surface area contributed by atoms with E-state index in [2.05, 4.69) is 15.4 Å². The molecule has 0 radical (unpaired) electrons. The molecule has 0 saturated carbocycles. The first-order chi connectivity index (χ1) is 15.1. The van der Waals surface area contributed by atoms with Gasteiger partial charge >= 0.3 is 0 Å². The summed E-state index contributed by atoms with van der Waals surface area (Å²) < 4.78 is 31.0. The number of nitrogens with one attached hydrogen (secondary N) is 1. The van der Waals surface area contributed by atoms with Gasteiger partial charge in [-0.05, 0) is 42.0 Å². The SMILES string of the molecule is COc1ccccc1OCc1ccc(C(=O)Nc2ncn(Cc3ccc(F)cc3)n2)o1. The van der Waals surface area contributed by atoms with E-state index >= 15 is 0 Å². The lowest BCUT2D eigenvalue weighted by atomic mass is 10.2. The largest absolute Gasteiger partial charge is 0.493 e. The summed E-state index contributed by atoms with van der Waals surface area (Å²) in [5.74, 6) is 1.11. The van der Waals surface area contributed by atoms with E-state index in [1.807, 2.05) is 12.1 Å². The molecule has 0 aliphatic carbocycles. The smallest absolute Gasteiger partial charge is 0.293 e. The molecule has 9 heteroatoms. The second-order valence-corrected chi connectivity index (χ2v) is 6.55. The van der Waals surface area contributed by atoms with Crippen LogP contribution in [0.15, 0.2) is 71.4 Å². The van der Waals surface area contributed by atoms with Crippen molar-refractivity contribution in [2.75, 3.05) is 12.4 Å².